The standard InChI is InChI=1S/C23H31NO7Si/c1-27-16-31-20-14-18(28-2)13-19(21(20)22(25)29-11-12-32(3,4)5)24-23(26)30-15-17-9-7-6-8-10-17/h6-10,13-14H,11-12,15-16H2,1-5H3,(H,24,26). The molecule has 0 aromatic heterocycles. The van der Waals surface area contributed by atoms with E-state index in [1.165, 1.54) is 26.4 Å². The van der Waals surface area contributed by atoms with E-state index in [0.29, 0.717) is 5.75 Å². The van der Waals surface area contributed by atoms with Crippen LogP contribution in [0.2, 0.25) is 25.7 Å². The van der Waals surface area contributed by atoms with E-state index in [9.17, 15) is 9.59 Å². The number of anilines is 1. The van der Waals surface area contributed by atoms with Crippen LogP contribution >= 0.6 is 0 Å². The van der Waals surface area contributed by atoms with Crippen LogP contribution in [0.3, 0.4) is 0 Å². The van der Waals surface area contributed by atoms with Crippen LogP contribution < -0.4 is 14.8 Å². The van der Waals surface area contributed by atoms with Crippen LogP contribution in [-0.2, 0) is 20.8 Å². The van der Waals surface area contributed by atoms with Gasteiger partial charge < -0.3 is 23.7 Å². The summed E-state index contributed by atoms with van der Waals surface area (Å²) in [6.45, 7) is 6.84. The van der Waals surface area contributed by atoms with E-state index < -0.39 is 20.1 Å². The first-order chi connectivity index (χ1) is 15.2. The minimum atomic E-state index is -1.40. The van der Waals surface area contributed by atoms with E-state index in [1.807, 2.05) is 30.3 Å². The number of rotatable bonds is 11. The molecule has 0 aliphatic rings. The number of methoxy groups -OCH3 is 2. The Morgan fingerprint density at radius 3 is 2.34 bits per heavy atom. The number of carbonyl (C=O) groups is 2. The van der Waals surface area contributed by atoms with Crippen LogP contribution in [0.15, 0.2) is 42.5 Å². The number of hydrogen-bond acceptors (Lipinski definition) is 7. The molecule has 2 aromatic carbocycles. The summed E-state index contributed by atoms with van der Waals surface area (Å²) in [7, 11) is 1.54. The molecule has 0 saturated carbocycles. The van der Waals surface area contributed by atoms with Crippen molar-refractivity contribution in [2.75, 3.05) is 32.9 Å². The molecule has 2 aromatic rings. The zero-order valence-corrected chi connectivity index (χ0v) is 20.2. The Morgan fingerprint density at radius 2 is 1.72 bits per heavy atom. The number of hydrogen-bond donors (Lipinski definition) is 1. The van der Waals surface area contributed by atoms with Gasteiger partial charge in [-0.15, -0.1) is 0 Å². The van der Waals surface area contributed by atoms with Gasteiger partial charge in [-0.1, -0.05) is 50.0 Å². The molecular weight excluding hydrogens is 430 g/mol. The smallest absolute Gasteiger partial charge is 0.411 e. The minimum absolute atomic E-state index is 0.0649. The van der Waals surface area contributed by atoms with Gasteiger partial charge in [0.25, 0.3) is 0 Å². The van der Waals surface area contributed by atoms with Crippen molar-refractivity contribution < 1.29 is 33.3 Å². The monoisotopic (exact) mass is 461 g/mol. The van der Waals surface area contributed by atoms with E-state index in [2.05, 4.69) is 25.0 Å². The van der Waals surface area contributed by atoms with Crippen molar-refractivity contribution in [1.82, 2.24) is 0 Å². The van der Waals surface area contributed by atoms with Crippen molar-refractivity contribution in [2.45, 2.75) is 32.3 Å². The van der Waals surface area contributed by atoms with Crippen molar-refractivity contribution in [3.05, 3.63) is 53.6 Å². The van der Waals surface area contributed by atoms with E-state index in [0.717, 1.165) is 11.6 Å². The van der Waals surface area contributed by atoms with Crippen LogP contribution in [0.5, 0.6) is 11.5 Å². The molecule has 1 N–H and O–H groups in total. The fourth-order valence-corrected chi connectivity index (χ4v) is 3.36. The summed E-state index contributed by atoms with van der Waals surface area (Å²) < 4.78 is 26.6. The van der Waals surface area contributed by atoms with Crippen molar-refractivity contribution >= 4 is 25.8 Å². The number of amides is 1. The second kappa shape index (κ2) is 12.1. The predicted molar refractivity (Wildman–Crippen MR) is 124 cm³/mol. The Balaban J connectivity index is 2.24. The molecule has 0 bridgehead atoms. The largest absolute Gasteiger partial charge is 0.497 e. The van der Waals surface area contributed by atoms with Gasteiger partial charge in [0.1, 0.15) is 23.7 Å². The summed E-state index contributed by atoms with van der Waals surface area (Å²) >= 11 is 0. The highest BCUT2D eigenvalue weighted by molar-refractivity contribution is 6.76. The van der Waals surface area contributed by atoms with Crippen molar-refractivity contribution in [1.29, 1.82) is 0 Å². The lowest BCUT2D eigenvalue weighted by molar-refractivity contribution is 0.0438. The lowest BCUT2D eigenvalue weighted by atomic mass is 10.1. The summed E-state index contributed by atoms with van der Waals surface area (Å²) in [5.74, 6) is -0.0639. The second-order valence-electron chi connectivity index (χ2n) is 8.23. The number of esters is 1. The Morgan fingerprint density at radius 1 is 1.00 bits per heavy atom. The molecule has 0 saturated heterocycles. The molecule has 0 aliphatic carbocycles. The summed E-state index contributed by atoms with van der Waals surface area (Å²) in [4.78, 5) is 25.4. The van der Waals surface area contributed by atoms with Crippen LogP contribution in [0.25, 0.3) is 0 Å². The molecule has 9 heteroatoms. The third kappa shape index (κ3) is 8.24. The van der Waals surface area contributed by atoms with Gasteiger partial charge in [-0.25, -0.2) is 9.59 Å². The Hall–Kier alpha value is -3.04. The van der Waals surface area contributed by atoms with Crippen molar-refractivity contribution in [2.24, 2.45) is 0 Å². The SMILES string of the molecule is COCOc1cc(OC)cc(NC(=O)OCc2ccccc2)c1C(=O)OCC[Si](C)(C)C. The molecule has 0 unspecified atom stereocenters. The molecule has 1 amide bonds. The van der Waals surface area contributed by atoms with Crippen LogP contribution in [-0.4, -0.2) is 47.8 Å². The lowest BCUT2D eigenvalue weighted by Gasteiger charge is -2.18. The zero-order chi connectivity index (χ0) is 23.6. The van der Waals surface area contributed by atoms with Gasteiger partial charge in [0.2, 0.25) is 0 Å². The highest BCUT2D eigenvalue weighted by Gasteiger charge is 2.24. The summed E-state index contributed by atoms with van der Waals surface area (Å²) in [6.07, 6.45) is -0.726. The van der Waals surface area contributed by atoms with Crippen molar-refractivity contribution in [3.8, 4) is 11.5 Å². The van der Waals surface area contributed by atoms with E-state index in [1.54, 1.807) is 0 Å². The summed E-state index contributed by atoms with van der Waals surface area (Å²) in [6, 6.07) is 13.1. The third-order valence-electron chi connectivity index (χ3n) is 4.38. The highest BCUT2D eigenvalue weighted by Crippen LogP contribution is 2.34. The summed E-state index contributed by atoms with van der Waals surface area (Å²) in [5, 5.41) is 2.61. The molecule has 8 nitrogen and oxygen atoms in total. The second-order valence-corrected chi connectivity index (χ2v) is 13.9. The first-order valence-corrected chi connectivity index (χ1v) is 13.9. The number of carbonyl (C=O) groups excluding carboxylic acids is 2. The van der Waals surface area contributed by atoms with Crippen molar-refractivity contribution in [3.63, 3.8) is 0 Å². The van der Waals surface area contributed by atoms with Gasteiger partial charge in [0, 0.05) is 27.3 Å². The molecule has 0 fully saturated rings. The Kier molecular flexibility index (Phi) is 9.54. The highest BCUT2D eigenvalue weighted by atomic mass is 28.3. The fraction of sp³-hybridized carbons (Fsp3) is 0.391. The molecule has 0 radical (unpaired) electrons. The number of ether oxygens (including phenoxy) is 5. The first-order valence-electron chi connectivity index (χ1n) is 10.2. The first kappa shape index (κ1) is 25.2. The van der Waals surface area contributed by atoms with Gasteiger partial charge in [0.05, 0.1) is 19.4 Å². The average molecular weight is 462 g/mol. The molecule has 0 spiro atoms. The molecule has 32 heavy (non-hydrogen) atoms. The van der Waals surface area contributed by atoms with E-state index in [4.69, 9.17) is 23.7 Å². The van der Waals surface area contributed by atoms with Gasteiger partial charge in [-0.2, -0.15) is 0 Å². The van der Waals surface area contributed by atoms with Crippen LogP contribution in [0.1, 0.15) is 15.9 Å². The Bertz CT molecular complexity index is 897. The molecule has 0 heterocycles. The predicted octanol–water partition coefficient (Wildman–Crippen LogP) is 4.92. The molecule has 174 valence electrons. The van der Waals surface area contributed by atoms with Crippen LogP contribution in [0, 0.1) is 0 Å². The lowest BCUT2D eigenvalue weighted by Crippen LogP contribution is -2.23. The third-order valence-corrected chi connectivity index (χ3v) is 6.09. The Labute approximate surface area is 189 Å². The fourth-order valence-electron chi connectivity index (χ4n) is 2.64. The topological polar surface area (TPSA) is 92.3 Å². The van der Waals surface area contributed by atoms with Gasteiger partial charge in [-0.05, 0) is 11.6 Å². The molecule has 0 aliphatic heterocycles. The molecular formula is C23H31NO7Si. The number of benzene rings is 2. The normalized spacial score (nSPS) is 10.9. The zero-order valence-electron chi connectivity index (χ0n) is 19.2. The maximum Gasteiger partial charge on any atom is 0.411 e. The minimum Gasteiger partial charge on any atom is -0.497 e. The average Bonchev–Trinajstić information content (AvgIpc) is 2.75. The quantitative estimate of drug-likeness (QED) is 0.288. The number of nitrogens with one attached hydrogen (secondary N) is 1. The van der Waals surface area contributed by atoms with Gasteiger partial charge in [-0.3, -0.25) is 5.32 Å². The van der Waals surface area contributed by atoms with Gasteiger partial charge in [0.15, 0.2) is 6.79 Å². The maximum atomic E-state index is 12.9. The van der Waals surface area contributed by atoms with E-state index in [-0.39, 0.29) is 37.0 Å². The van der Waals surface area contributed by atoms with Crippen LogP contribution in [0.4, 0.5) is 10.5 Å². The summed E-state index contributed by atoms with van der Waals surface area (Å²) in [5.41, 5.74) is 1.06. The van der Waals surface area contributed by atoms with E-state index >= 15 is 0 Å². The maximum absolute atomic E-state index is 12.9. The molecule has 2 rings (SSSR count). The molecule has 0 atom stereocenters. The van der Waals surface area contributed by atoms with Gasteiger partial charge >= 0.3 is 12.1 Å².